The minimum absolute atomic E-state index is 0.469. The molecule has 1 N–H and O–H groups in total. The smallest absolute Gasteiger partial charge is 0.157 e. The van der Waals surface area contributed by atoms with Crippen LogP contribution < -0.4 is 5.32 Å². The Morgan fingerprint density at radius 3 is 2.89 bits per heavy atom. The Bertz CT molecular complexity index is 520. The molecular weight excluding hydrogens is 260 g/mol. The third-order valence-electron chi connectivity index (χ3n) is 2.85. The van der Waals surface area contributed by atoms with Crippen molar-refractivity contribution in [2.45, 2.75) is 11.8 Å². The molecule has 2 heterocycles. The Balaban J connectivity index is 1.55. The lowest BCUT2D eigenvalue weighted by Gasteiger charge is -2.08. The number of thioether (sulfide) groups is 1. The second-order valence-corrected chi connectivity index (χ2v) is 6.12. The normalized spacial score (nSPS) is 18.7. The SMILES string of the molecule is c1ccc(C2CN=C(NCc3ccsc3)S2)cc1. The lowest BCUT2D eigenvalue weighted by Crippen LogP contribution is -2.17. The van der Waals surface area contributed by atoms with Crippen LogP contribution in [-0.2, 0) is 6.54 Å². The first-order valence-corrected chi connectivity index (χ1v) is 7.75. The first-order valence-electron chi connectivity index (χ1n) is 5.93. The molecule has 0 bridgehead atoms. The number of hydrogen-bond donors (Lipinski definition) is 1. The van der Waals surface area contributed by atoms with Crippen LogP contribution in [0.3, 0.4) is 0 Å². The summed E-state index contributed by atoms with van der Waals surface area (Å²) in [4.78, 5) is 4.56. The molecule has 1 aromatic heterocycles. The van der Waals surface area contributed by atoms with Crippen LogP contribution in [0.4, 0.5) is 0 Å². The summed E-state index contributed by atoms with van der Waals surface area (Å²) in [6, 6.07) is 12.7. The molecule has 1 aliphatic rings. The minimum Gasteiger partial charge on any atom is -0.361 e. The third kappa shape index (κ3) is 2.76. The van der Waals surface area contributed by atoms with Crippen molar-refractivity contribution in [1.29, 1.82) is 0 Å². The molecule has 1 aromatic carbocycles. The van der Waals surface area contributed by atoms with Crippen LogP contribution in [0.15, 0.2) is 52.2 Å². The highest BCUT2D eigenvalue weighted by molar-refractivity contribution is 8.14. The summed E-state index contributed by atoms with van der Waals surface area (Å²) in [5.41, 5.74) is 2.69. The first-order chi connectivity index (χ1) is 8.92. The van der Waals surface area contributed by atoms with Gasteiger partial charge in [-0.3, -0.25) is 4.99 Å². The van der Waals surface area contributed by atoms with E-state index in [4.69, 9.17) is 0 Å². The van der Waals surface area contributed by atoms with Gasteiger partial charge in [0.1, 0.15) is 0 Å². The van der Waals surface area contributed by atoms with E-state index in [9.17, 15) is 0 Å². The van der Waals surface area contributed by atoms with Gasteiger partial charge in [0.25, 0.3) is 0 Å². The maximum atomic E-state index is 4.56. The van der Waals surface area contributed by atoms with Gasteiger partial charge in [0.05, 0.1) is 11.8 Å². The van der Waals surface area contributed by atoms with E-state index in [0.29, 0.717) is 5.25 Å². The summed E-state index contributed by atoms with van der Waals surface area (Å²) >= 11 is 3.56. The highest BCUT2D eigenvalue weighted by atomic mass is 32.2. The van der Waals surface area contributed by atoms with Crippen LogP contribution in [-0.4, -0.2) is 11.7 Å². The Morgan fingerprint density at radius 2 is 2.11 bits per heavy atom. The fourth-order valence-electron chi connectivity index (χ4n) is 1.88. The van der Waals surface area contributed by atoms with Crippen molar-refractivity contribution in [1.82, 2.24) is 5.32 Å². The molecule has 4 heteroatoms. The van der Waals surface area contributed by atoms with Crippen molar-refractivity contribution in [3.05, 3.63) is 58.3 Å². The molecule has 0 saturated carbocycles. The number of amidine groups is 1. The average Bonchev–Trinajstić information content (AvgIpc) is 3.09. The molecule has 0 amide bonds. The van der Waals surface area contributed by atoms with Crippen LogP contribution >= 0.6 is 23.1 Å². The van der Waals surface area contributed by atoms with E-state index >= 15 is 0 Å². The summed E-state index contributed by atoms with van der Waals surface area (Å²) in [7, 11) is 0. The van der Waals surface area contributed by atoms with E-state index in [1.165, 1.54) is 11.1 Å². The van der Waals surface area contributed by atoms with Gasteiger partial charge in [0.2, 0.25) is 0 Å². The van der Waals surface area contributed by atoms with Crippen LogP contribution in [0.2, 0.25) is 0 Å². The van der Waals surface area contributed by atoms with Crippen LogP contribution in [0.25, 0.3) is 0 Å². The third-order valence-corrected chi connectivity index (χ3v) is 4.78. The maximum absolute atomic E-state index is 4.56. The number of thiophene rings is 1. The molecule has 2 nitrogen and oxygen atoms in total. The van der Waals surface area contributed by atoms with Crippen molar-refractivity contribution in [2.75, 3.05) is 6.54 Å². The van der Waals surface area contributed by atoms with Crippen LogP contribution in [0, 0.1) is 0 Å². The van der Waals surface area contributed by atoms with Gasteiger partial charge in [-0.2, -0.15) is 11.3 Å². The molecular formula is C14H14N2S2. The van der Waals surface area contributed by atoms with Gasteiger partial charge in [-0.25, -0.2) is 0 Å². The molecule has 92 valence electrons. The van der Waals surface area contributed by atoms with Crippen LogP contribution in [0.5, 0.6) is 0 Å². The van der Waals surface area contributed by atoms with Crippen molar-refractivity contribution in [3.63, 3.8) is 0 Å². The largest absolute Gasteiger partial charge is 0.361 e. The van der Waals surface area contributed by atoms with Gasteiger partial charge in [-0.1, -0.05) is 42.1 Å². The van der Waals surface area contributed by atoms with Crippen LogP contribution in [0.1, 0.15) is 16.4 Å². The molecule has 1 atom stereocenters. The zero-order chi connectivity index (χ0) is 12.2. The zero-order valence-corrected chi connectivity index (χ0v) is 11.5. The fraction of sp³-hybridized carbons (Fsp3) is 0.214. The zero-order valence-electron chi connectivity index (χ0n) is 9.87. The predicted octanol–water partition coefficient (Wildman–Crippen LogP) is 3.68. The molecule has 18 heavy (non-hydrogen) atoms. The summed E-state index contributed by atoms with van der Waals surface area (Å²) in [6.07, 6.45) is 0. The Kier molecular flexibility index (Phi) is 3.67. The molecule has 0 fully saturated rings. The van der Waals surface area contributed by atoms with Crippen molar-refractivity contribution >= 4 is 28.3 Å². The summed E-state index contributed by atoms with van der Waals surface area (Å²) < 4.78 is 0. The number of nitrogens with zero attached hydrogens (tertiary/aromatic N) is 1. The monoisotopic (exact) mass is 274 g/mol. The lowest BCUT2D eigenvalue weighted by molar-refractivity contribution is 0.915. The van der Waals surface area contributed by atoms with E-state index in [1.54, 1.807) is 11.3 Å². The van der Waals surface area contributed by atoms with E-state index in [2.05, 4.69) is 57.5 Å². The molecule has 1 aliphatic heterocycles. The quantitative estimate of drug-likeness (QED) is 0.923. The lowest BCUT2D eigenvalue weighted by atomic mass is 10.1. The van der Waals surface area contributed by atoms with Gasteiger partial charge in [-0.05, 0) is 28.0 Å². The standard InChI is InChI=1S/C14H14N2S2/c1-2-4-12(5-3-1)13-9-16-14(18-13)15-8-11-6-7-17-10-11/h1-7,10,13H,8-9H2,(H,15,16). The first kappa shape index (κ1) is 11.8. The molecule has 0 saturated heterocycles. The van der Waals surface area contributed by atoms with E-state index in [0.717, 1.165) is 18.3 Å². The fourth-order valence-corrected chi connectivity index (χ4v) is 3.57. The molecule has 0 aliphatic carbocycles. The molecule has 1 unspecified atom stereocenters. The second kappa shape index (κ2) is 5.59. The predicted molar refractivity (Wildman–Crippen MR) is 80.2 cm³/mol. The van der Waals surface area contributed by atoms with E-state index < -0.39 is 0 Å². The topological polar surface area (TPSA) is 24.4 Å². The second-order valence-electron chi connectivity index (χ2n) is 4.15. The molecule has 0 radical (unpaired) electrons. The Morgan fingerprint density at radius 1 is 1.22 bits per heavy atom. The number of benzene rings is 1. The average molecular weight is 274 g/mol. The molecule has 0 spiro atoms. The number of hydrogen-bond acceptors (Lipinski definition) is 4. The van der Waals surface area contributed by atoms with Gasteiger partial charge in [-0.15, -0.1) is 0 Å². The van der Waals surface area contributed by atoms with Crippen molar-refractivity contribution < 1.29 is 0 Å². The Hall–Kier alpha value is -1.26. The highest BCUT2D eigenvalue weighted by Crippen LogP contribution is 2.34. The van der Waals surface area contributed by atoms with E-state index in [1.807, 2.05) is 11.8 Å². The molecule has 2 aromatic rings. The Labute approximate surface area is 115 Å². The maximum Gasteiger partial charge on any atom is 0.157 e. The van der Waals surface area contributed by atoms with Crippen molar-refractivity contribution in [3.8, 4) is 0 Å². The highest BCUT2D eigenvalue weighted by Gasteiger charge is 2.20. The number of aliphatic imine (C=N–C) groups is 1. The number of nitrogens with one attached hydrogen (secondary N) is 1. The summed E-state index contributed by atoms with van der Waals surface area (Å²) in [6.45, 7) is 1.75. The van der Waals surface area contributed by atoms with E-state index in [-0.39, 0.29) is 0 Å². The van der Waals surface area contributed by atoms with Crippen molar-refractivity contribution in [2.24, 2.45) is 4.99 Å². The van der Waals surface area contributed by atoms with Gasteiger partial charge >= 0.3 is 0 Å². The molecule has 3 rings (SSSR count). The summed E-state index contributed by atoms with van der Waals surface area (Å²) in [5.74, 6) is 0. The van der Waals surface area contributed by atoms with Gasteiger partial charge in [0, 0.05) is 6.54 Å². The van der Waals surface area contributed by atoms with Gasteiger partial charge in [0.15, 0.2) is 5.17 Å². The summed E-state index contributed by atoms with van der Waals surface area (Å²) in [5, 5.41) is 9.21. The minimum atomic E-state index is 0.469. The van der Waals surface area contributed by atoms with Gasteiger partial charge < -0.3 is 5.32 Å². The number of rotatable bonds is 3.